The number of carbonyl (C=O) groups excluding carboxylic acids is 1. The monoisotopic (exact) mass is 476 g/mol. The summed E-state index contributed by atoms with van der Waals surface area (Å²) in [4.78, 5) is 11.4. The number of benzene rings is 6. The first kappa shape index (κ1) is 19.0. The fourth-order valence-electron chi connectivity index (χ4n) is 4.88. The molecule has 0 aliphatic heterocycles. The quantitative estimate of drug-likeness (QED) is 0.189. The zero-order valence-electron chi connectivity index (χ0n) is 17.0. The molecule has 0 aromatic heterocycles. The fraction of sp³-hybridized carbons (Fsp3) is 0. The molecular formula is C29H17BrO2. The summed E-state index contributed by atoms with van der Waals surface area (Å²) in [7, 11) is 0. The second kappa shape index (κ2) is 7.47. The summed E-state index contributed by atoms with van der Waals surface area (Å²) < 4.78 is 6.63. The minimum atomic E-state index is 0.512. The molecule has 0 atom stereocenters. The summed E-state index contributed by atoms with van der Waals surface area (Å²) in [6, 6.07) is 33.3. The number of ether oxygens (including phenoxy) is 1. The Morgan fingerprint density at radius 1 is 0.500 bits per heavy atom. The summed E-state index contributed by atoms with van der Waals surface area (Å²) in [5, 5.41) is 8.65. The molecule has 0 heterocycles. The van der Waals surface area contributed by atoms with Gasteiger partial charge in [-0.05, 0) is 59.4 Å². The minimum absolute atomic E-state index is 0.512. The Hall–Kier alpha value is -3.69. The van der Waals surface area contributed by atoms with Gasteiger partial charge in [-0.3, -0.25) is 4.79 Å². The Kier molecular flexibility index (Phi) is 4.44. The topological polar surface area (TPSA) is 26.3 Å². The molecule has 0 radical (unpaired) electrons. The Labute approximate surface area is 193 Å². The third-order valence-corrected chi connectivity index (χ3v) is 7.02. The van der Waals surface area contributed by atoms with Gasteiger partial charge in [0.15, 0.2) is 0 Å². The molecule has 0 unspecified atom stereocenters. The van der Waals surface area contributed by atoms with Crippen LogP contribution in [0, 0.1) is 0 Å². The molecule has 2 nitrogen and oxygen atoms in total. The Morgan fingerprint density at radius 3 is 1.19 bits per heavy atom. The lowest BCUT2D eigenvalue weighted by Crippen LogP contribution is -1.95. The van der Waals surface area contributed by atoms with Crippen molar-refractivity contribution >= 4 is 65.5 Å². The highest BCUT2D eigenvalue weighted by molar-refractivity contribution is 9.10. The lowest BCUT2D eigenvalue weighted by atomic mass is 9.86. The lowest BCUT2D eigenvalue weighted by Gasteiger charge is -2.19. The molecule has 0 saturated heterocycles. The van der Waals surface area contributed by atoms with Gasteiger partial charge in [-0.1, -0.05) is 97.1 Å². The Morgan fingerprint density at radius 2 is 0.812 bits per heavy atom. The van der Waals surface area contributed by atoms with E-state index in [0.717, 1.165) is 31.6 Å². The van der Waals surface area contributed by atoms with E-state index in [0.29, 0.717) is 12.2 Å². The molecule has 152 valence electrons. The molecule has 0 aliphatic rings. The van der Waals surface area contributed by atoms with Gasteiger partial charge in [-0.2, -0.15) is 0 Å². The molecule has 32 heavy (non-hydrogen) atoms. The zero-order chi connectivity index (χ0) is 21.7. The van der Waals surface area contributed by atoms with Crippen LogP contribution in [0.4, 0.5) is 0 Å². The highest BCUT2D eigenvalue weighted by Crippen LogP contribution is 2.48. The number of rotatable bonds is 3. The van der Waals surface area contributed by atoms with E-state index in [9.17, 15) is 4.79 Å². The molecule has 0 bridgehead atoms. The summed E-state index contributed by atoms with van der Waals surface area (Å²) in [6.45, 7) is 0.512. The van der Waals surface area contributed by atoms with Crippen molar-refractivity contribution < 1.29 is 9.53 Å². The molecule has 0 aliphatic carbocycles. The standard InChI is InChI=1S/C29H17BrO2/c30-28-22-13-5-1-9-18(22)26(19-10-2-6-14-23(19)28)27-20-11-3-7-15-24(20)29(32-17-31)25-16-8-4-12-21(25)27/h1-17H. The first-order valence-corrected chi connectivity index (χ1v) is 11.2. The third-order valence-electron chi connectivity index (χ3n) is 6.16. The summed E-state index contributed by atoms with van der Waals surface area (Å²) in [5.74, 6) is 0.598. The molecule has 0 spiro atoms. The first-order valence-electron chi connectivity index (χ1n) is 10.4. The van der Waals surface area contributed by atoms with E-state index in [2.05, 4.69) is 76.6 Å². The maximum Gasteiger partial charge on any atom is 0.298 e. The van der Waals surface area contributed by atoms with Crippen LogP contribution in [0.25, 0.3) is 54.2 Å². The second-order valence-corrected chi connectivity index (χ2v) is 8.58. The highest BCUT2D eigenvalue weighted by Gasteiger charge is 2.20. The van der Waals surface area contributed by atoms with Crippen LogP contribution < -0.4 is 4.74 Å². The van der Waals surface area contributed by atoms with E-state index < -0.39 is 0 Å². The van der Waals surface area contributed by atoms with Crippen LogP contribution in [0.2, 0.25) is 0 Å². The second-order valence-electron chi connectivity index (χ2n) is 7.79. The van der Waals surface area contributed by atoms with Gasteiger partial charge >= 0.3 is 0 Å². The average molecular weight is 477 g/mol. The van der Waals surface area contributed by atoms with Gasteiger partial charge in [0.1, 0.15) is 5.75 Å². The number of hydrogen-bond acceptors (Lipinski definition) is 2. The van der Waals surface area contributed by atoms with E-state index in [1.54, 1.807) is 0 Å². The number of halogens is 1. The highest BCUT2D eigenvalue weighted by atomic mass is 79.9. The van der Waals surface area contributed by atoms with Crippen molar-refractivity contribution in [1.29, 1.82) is 0 Å². The van der Waals surface area contributed by atoms with Gasteiger partial charge in [0.25, 0.3) is 6.47 Å². The smallest absolute Gasteiger partial charge is 0.298 e. The number of fused-ring (bicyclic) bond motifs is 4. The molecule has 3 heteroatoms. The minimum Gasteiger partial charge on any atom is -0.427 e. The lowest BCUT2D eigenvalue weighted by molar-refractivity contribution is -0.120. The van der Waals surface area contributed by atoms with Crippen molar-refractivity contribution in [1.82, 2.24) is 0 Å². The van der Waals surface area contributed by atoms with Gasteiger partial charge in [0.2, 0.25) is 0 Å². The molecule has 0 fully saturated rings. The van der Waals surface area contributed by atoms with E-state index in [-0.39, 0.29) is 0 Å². The van der Waals surface area contributed by atoms with Crippen molar-refractivity contribution in [3.63, 3.8) is 0 Å². The predicted octanol–water partition coefficient (Wildman–Crippen LogP) is 8.26. The Balaban J connectivity index is 1.94. The van der Waals surface area contributed by atoms with Crippen LogP contribution in [0.1, 0.15) is 0 Å². The molecular weight excluding hydrogens is 460 g/mol. The van der Waals surface area contributed by atoms with Crippen molar-refractivity contribution in [2.24, 2.45) is 0 Å². The van der Waals surface area contributed by atoms with E-state index in [1.165, 1.54) is 27.1 Å². The molecule has 0 N–H and O–H groups in total. The molecule has 0 amide bonds. The molecule has 6 aromatic carbocycles. The van der Waals surface area contributed by atoms with Crippen LogP contribution >= 0.6 is 15.9 Å². The summed E-state index contributed by atoms with van der Waals surface area (Å²) in [5.41, 5.74) is 2.33. The zero-order valence-corrected chi connectivity index (χ0v) is 18.6. The Bertz CT molecular complexity index is 1570. The van der Waals surface area contributed by atoms with Crippen molar-refractivity contribution in [3.05, 3.63) is 102 Å². The molecule has 6 rings (SSSR count). The summed E-state index contributed by atoms with van der Waals surface area (Å²) >= 11 is 3.86. The van der Waals surface area contributed by atoms with Crippen molar-refractivity contribution in [2.75, 3.05) is 0 Å². The van der Waals surface area contributed by atoms with Crippen molar-refractivity contribution in [2.45, 2.75) is 0 Å². The first-order chi connectivity index (χ1) is 15.8. The maximum absolute atomic E-state index is 11.4. The largest absolute Gasteiger partial charge is 0.427 e. The third kappa shape index (κ3) is 2.68. The van der Waals surface area contributed by atoms with E-state index in [4.69, 9.17) is 4.74 Å². The fourth-order valence-corrected chi connectivity index (χ4v) is 5.57. The van der Waals surface area contributed by atoms with Gasteiger partial charge in [0.05, 0.1) is 0 Å². The molecule has 0 saturated carbocycles. The van der Waals surface area contributed by atoms with Crippen LogP contribution in [0.3, 0.4) is 0 Å². The van der Waals surface area contributed by atoms with Gasteiger partial charge in [-0.15, -0.1) is 0 Å². The maximum atomic E-state index is 11.4. The SMILES string of the molecule is O=COc1c2ccccc2c(-c2c3ccccc3c(Br)c3ccccc23)c2ccccc12. The van der Waals surface area contributed by atoms with E-state index in [1.807, 2.05) is 36.4 Å². The van der Waals surface area contributed by atoms with Crippen LogP contribution in [0.15, 0.2) is 102 Å². The van der Waals surface area contributed by atoms with Crippen LogP contribution in [0.5, 0.6) is 5.75 Å². The molecule has 6 aromatic rings. The summed E-state index contributed by atoms with van der Waals surface area (Å²) in [6.07, 6.45) is 0. The number of hydrogen-bond donors (Lipinski definition) is 0. The van der Waals surface area contributed by atoms with Crippen LogP contribution in [-0.4, -0.2) is 6.47 Å². The number of carbonyl (C=O) groups is 1. The van der Waals surface area contributed by atoms with Gasteiger partial charge in [0, 0.05) is 15.2 Å². The van der Waals surface area contributed by atoms with Crippen LogP contribution in [-0.2, 0) is 4.79 Å². The van der Waals surface area contributed by atoms with Crippen molar-refractivity contribution in [3.8, 4) is 16.9 Å². The predicted molar refractivity (Wildman–Crippen MR) is 136 cm³/mol. The van der Waals surface area contributed by atoms with Gasteiger partial charge < -0.3 is 4.74 Å². The van der Waals surface area contributed by atoms with E-state index >= 15 is 0 Å². The normalized spacial score (nSPS) is 11.4. The van der Waals surface area contributed by atoms with Gasteiger partial charge in [-0.25, -0.2) is 0 Å². The average Bonchev–Trinajstić information content (AvgIpc) is 2.85.